The number of hydrogen-bond acceptors (Lipinski definition) is 4. The van der Waals surface area contributed by atoms with E-state index in [4.69, 9.17) is 22.1 Å². The van der Waals surface area contributed by atoms with Crippen LogP contribution in [0.1, 0.15) is 0 Å². The molecule has 0 aliphatic rings. The molecular weight excluding hydrogens is 245 g/mol. The van der Waals surface area contributed by atoms with Gasteiger partial charge in [0.25, 0.3) is 0 Å². The Labute approximate surface area is 102 Å². The summed E-state index contributed by atoms with van der Waals surface area (Å²) in [5.41, 5.74) is 6.42. The molecule has 0 aliphatic carbocycles. The van der Waals surface area contributed by atoms with Crippen molar-refractivity contribution in [1.29, 1.82) is 0 Å². The molecule has 0 amide bonds. The van der Waals surface area contributed by atoms with Gasteiger partial charge in [0.15, 0.2) is 11.6 Å². The summed E-state index contributed by atoms with van der Waals surface area (Å²) in [6.45, 7) is 0. The molecule has 0 bridgehead atoms. The van der Waals surface area contributed by atoms with Crippen molar-refractivity contribution < 1.29 is 9.13 Å². The average molecular weight is 254 g/mol. The van der Waals surface area contributed by atoms with Gasteiger partial charge in [-0.2, -0.15) is 0 Å². The SMILES string of the molecule is COc1c(N)ncnc1-c1cc(F)ccc1Cl. The third-order valence-electron chi connectivity index (χ3n) is 2.22. The van der Waals surface area contributed by atoms with Crippen LogP contribution in [0.4, 0.5) is 10.2 Å². The Morgan fingerprint density at radius 3 is 2.82 bits per heavy atom. The zero-order chi connectivity index (χ0) is 12.4. The normalized spacial score (nSPS) is 10.3. The smallest absolute Gasteiger partial charge is 0.187 e. The summed E-state index contributed by atoms with van der Waals surface area (Å²) >= 11 is 5.99. The minimum absolute atomic E-state index is 0.179. The van der Waals surface area contributed by atoms with Crippen LogP contribution in [-0.4, -0.2) is 17.1 Å². The highest BCUT2D eigenvalue weighted by Gasteiger charge is 2.15. The van der Waals surface area contributed by atoms with Crippen LogP contribution in [0.5, 0.6) is 5.75 Å². The fourth-order valence-electron chi connectivity index (χ4n) is 1.46. The summed E-state index contributed by atoms with van der Waals surface area (Å²) in [7, 11) is 1.44. The van der Waals surface area contributed by atoms with E-state index < -0.39 is 5.82 Å². The molecule has 0 spiro atoms. The van der Waals surface area contributed by atoms with Crippen LogP contribution in [0.2, 0.25) is 5.02 Å². The number of anilines is 1. The van der Waals surface area contributed by atoms with Crippen LogP contribution in [-0.2, 0) is 0 Å². The molecule has 0 fully saturated rings. The number of ether oxygens (including phenoxy) is 1. The van der Waals surface area contributed by atoms with Crippen molar-refractivity contribution >= 4 is 17.4 Å². The lowest BCUT2D eigenvalue weighted by molar-refractivity contribution is 0.415. The molecule has 0 saturated heterocycles. The lowest BCUT2D eigenvalue weighted by atomic mass is 10.1. The van der Waals surface area contributed by atoms with Crippen LogP contribution in [0, 0.1) is 5.82 Å². The highest BCUT2D eigenvalue weighted by molar-refractivity contribution is 6.33. The highest BCUT2D eigenvalue weighted by Crippen LogP contribution is 2.35. The van der Waals surface area contributed by atoms with E-state index in [0.29, 0.717) is 16.3 Å². The third-order valence-corrected chi connectivity index (χ3v) is 2.55. The van der Waals surface area contributed by atoms with Gasteiger partial charge in [0.05, 0.1) is 12.1 Å². The van der Waals surface area contributed by atoms with Gasteiger partial charge < -0.3 is 10.5 Å². The first-order valence-corrected chi connectivity index (χ1v) is 5.11. The average Bonchev–Trinajstić information content (AvgIpc) is 2.32. The molecule has 0 aliphatic heterocycles. The first-order valence-electron chi connectivity index (χ1n) is 4.73. The predicted molar refractivity (Wildman–Crippen MR) is 63.4 cm³/mol. The summed E-state index contributed by atoms with van der Waals surface area (Å²) in [6.07, 6.45) is 1.27. The van der Waals surface area contributed by atoms with Gasteiger partial charge in [0, 0.05) is 5.56 Å². The van der Waals surface area contributed by atoms with Crippen molar-refractivity contribution in [1.82, 2.24) is 9.97 Å². The fraction of sp³-hybridized carbons (Fsp3) is 0.0909. The number of rotatable bonds is 2. The minimum atomic E-state index is -0.413. The van der Waals surface area contributed by atoms with E-state index >= 15 is 0 Å². The molecule has 17 heavy (non-hydrogen) atoms. The van der Waals surface area contributed by atoms with E-state index in [2.05, 4.69) is 9.97 Å². The molecule has 4 nitrogen and oxygen atoms in total. The van der Waals surface area contributed by atoms with Gasteiger partial charge >= 0.3 is 0 Å². The maximum atomic E-state index is 13.2. The van der Waals surface area contributed by atoms with Gasteiger partial charge in [-0.05, 0) is 18.2 Å². The van der Waals surface area contributed by atoms with E-state index in [1.807, 2.05) is 0 Å². The third kappa shape index (κ3) is 2.14. The van der Waals surface area contributed by atoms with Crippen molar-refractivity contribution in [3.8, 4) is 17.0 Å². The summed E-state index contributed by atoms with van der Waals surface area (Å²) in [5, 5.41) is 0.364. The Balaban J connectivity index is 2.68. The Bertz CT molecular complexity index is 562. The number of methoxy groups -OCH3 is 1. The van der Waals surface area contributed by atoms with Crippen LogP contribution < -0.4 is 10.5 Å². The quantitative estimate of drug-likeness (QED) is 0.893. The van der Waals surface area contributed by atoms with E-state index in [0.717, 1.165) is 0 Å². The van der Waals surface area contributed by atoms with Gasteiger partial charge in [-0.15, -0.1) is 0 Å². The molecule has 1 aromatic carbocycles. The van der Waals surface area contributed by atoms with Gasteiger partial charge in [-0.3, -0.25) is 0 Å². The second-order valence-corrected chi connectivity index (χ2v) is 3.67. The lowest BCUT2D eigenvalue weighted by Crippen LogP contribution is -2.00. The monoisotopic (exact) mass is 253 g/mol. The molecule has 2 rings (SSSR count). The number of aromatic nitrogens is 2. The molecule has 0 radical (unpaired) electrons. The number of halogens is 2. The molecular formula is C11H9ClFN3O. The molecule has 0 unspecified atom stereocenters. The standard InChI is InChI=1S/C11H9ClFN3O/c1-17-10-9(15-5-16-11(10)14)7-4-6(13)2-3-8(7)12/h2-5H,1H3,(H2,14,15,16). The second-order valence-electron chi connectivity index (χ2n) is 3.26. The number of nitrogen functional groups attached to an aromatic ring is 1. The lowest BCUT2D eigenvalue weighted by Gasteiger charge is -2.10. The molecule has 2 N–H and O–H groups in total. The van der Waals surface area contributed by atoms with Crippen molar-refractivity contribution in [2.45, 2.75) is 0 Å². The Morgan fingerprint density at radius 2 is 2.12 bits per heavy atom. The first-order chi connectivity index (χ1) is 8.13. The van der Waals surface area contributed by atoms with E-state index in [-0.39, 0.29) is 11.6 Å². The topological polar surface area (TPSA) is 61.0 Å². The van der Waals surface area contributed by atoms with E-state index in [9.17, 15) is 4.39 Å². The molecule has 0 saturated carbocycles. The zero-order valence-corrected chi connectivity index (χ0v) is 9.70. The second kappa shape index (κ2) is 4.55. The van der Waals surface area contributed by atoms with Crippen molar-refractivity contribution in [3.05, 3.63) is 35.4 Å². The van der Waals surface area contributed by atoms with Gasteiger partial charge in [0.2, 0.25) is 0 Å². The molecule has 0 atom stereocenters. The summed E-state index contributed by atoms with van der Waals surface area (Å²) < 4.78 is 18.3. The van der Waals surface area contributed by atoms with Crippen LogP contribution in [0.3, 0.4) is 0 Å². The largest absolute Gasteiger partial charge is 0.491 e. The van der Waals surface area contributed by atoms with Gasteiger partial charge in [-0.25, -0.2) is 14.4 Å². The van der Waals surface area contributed by atoms with E-state index in [1.54, 1.807) is 0 Å². The first kappa shape index (κ1) is 11.6. The van der Waals surface area contributed by atoms with Crippen LogP contribution in [0.15, 0.2) is 24.5 Å². The molecule has 2 aromatic rings. The van der Waals surface area contributed by atoms with E-state index in [1.165, 1.54) is 31.6 Å². The zero-order valence-electron chi connectivity index (χ0n) is 8.95. The Hall–Kier alpha value is -1.88. The predicted octanol–water partition coefficient (Wildman–Crippen LogP) is 2.53. The number of nitrogens with zero attached hydrogens (tertiary/aromatic N) is 2. The van der Waals surface area contributed by atoms with Crippen molar-refractivity contribution in [2.75, 3.05) is 12.8 Å². The Kier molecular flexibility index (Phi) is 3.10. The van der Waals surface area contributed by atoms with Crippen LogP contribution in [0.25, 0.3) is 11.3 Å². The summed E-state index contributed by atoms with van der Waals surface area (Å²) in [5.74, 6) is 0.0430. The van der Waals surface area contributed by atoms with Gasteiger partial charge in [-0.1, -0.05) is 11.6 Å². The summed E-state index contributed by atoms with van der Waals surface area (Å²) in [4.78, 5) is 7.81. The Morgan fingerprint density at radius 1 is 1.35 bits per heavy atom. The fourth-order valence-corrected chi connectivity index (χ4v) is 1.67. The maximum absolute atomic E-state index is 13.2. The molecule has 1 heterocycles. The minimum Gasteiger partial charge on any atom is -0.491 e. The molecule has 88 valence electrons. The molecule has 1 aromatic heterocycles. The van der Waals surface area contributed by atoms with Crippen molar-refractivity contribution in [2.24, 2.45) is 0 Å². The number of nitrogens with two attached hydrogens (primary N) is 1. The van der Waals surface area contributed by atoms with Crippen LogP contribution >= 0.6 is 11.6 Å². The van der Waals surface area contributed by atoms with Crippen molar-refractivity contribution in [3.63, 3.8) is 0 Å². The summed E-state index contributed by atoms with van der Waals surface area (Å²) in [6, 6.07) is 3.99. The molecule has 6 heteroatoms. The highest BCUT2D eigenvalue weighted by atomic mass is 35.5. The number of hydrogen-bond donors (Lipinski definition) is 1. The van der Waals surface area contributed by atoms with Gasteiger partial charge in [0.1, 0.15) is 17.8 Å². The number of benzene rings is 1. The maximum Gasteiger partial charge on any atom is 0.187 e.